The van der Waals surface area contributed by atoms with Crippen molar-refractivity contribution in [2.24, 2.45) is 5.92 Å². The third-order valence-electron chi connectivity index (χ3n) is 2.49. The average Bonchev–Trinajstić information content (AvgIpc) is 2.81. The van der Waals surface area contributed by atoms with Crippen LogP contribution in [0, 0.1) is 5.92 Å². The van der Waals surface area contributed by atoms with Crippen molar-refractivity contribution in [3.05, 3.63) is 11.9 Å². The van der Waals surface area contributed by atoms with Gasteiger partial charge in [-0.25, -0.2) is 4.68 Å². The van der Waals surface area contributed by atoms with Gasteiger partial charge >= 0.3 is 0 Å². The van der Waals surface area contributed by atoms with Gasteiger partial charge in [0.05, 0.1) is 32.1 Å². The fraction of sp³-hybridized carbons (Fsp3) is 0.846. The molecule has 19 heavy (non-hydrogen) atoms. The second-order valence-electron chi connectivity index (χ2n) is 4.81. The zero-order valence-corrected chi connectivity index (χ0v) is 12.3. The molecule has 0 bridgehead atoms. The van der Waals surface area contributed by atoms with E-state index in [0.29, 0.717) is 25.7 Å². The van der Waals surface area contributed by atoms with Crippen LogP contribution in [-0.4, -0.2) is 48.0 Å². The standard InChI is InChI=1S/C13H26N4O2/c1-4-18-7-8-19-6-5-17-11-13(15-16-17)10-14-9-12(2)3/h11-12,14H,4-10H2,1-3H3. The Bertz CT molecular complexity index is 328. The molecule has 0 fully saturated rings. The summed E-state index contributed by atoms with van der Waals surface area (Å²) in [5.41, 5.74) is 0.968. The molecule has 0 atom stereocenters. The minimum absolute atomic E-state index is 0.630. The zero-order valence-electron chi connectivity index (χ0n) is 12.3. The second-order valence-corrected chi connectivity index (χ2v) is 4.81. The Balaban J connectivity index is 2.09. The smallest absolute Gasteiger partial charge is 0.0964 e. The Hall–Kier alpha value is -0.980. The number of ether oxygens (including phenoxy) is 2. The highest BCUT2D eigenvalue weighted by Crippen LogP contribution is 1.94. The second kappa shape index (κ2) is 9.89. The van der Waals surface area contributed by atoms with Crippen LogP contribution < -0.4 is 5.32 Å². The summed E-state index contributed by atoms with van der Waals surface area (Å²) in [5, 5.41) is 11.5. The van der Waals surface area contributed by atoms with E-state index in [1.807, 2.05) is 17.8 Å². The lowest BCUT2D eigenvalue weighted by Gasteiger charge is -2.04. The normalized spacial score (nSPS) is 11.4. The van der Waals surface area contributed by atoms with Gasteiger partial charge in [0.2, 0.25) is 0 Å². The number of hydrogen-bond donors (Lipinski definition) is 1. The molecule has 0 saturated heterocycles. The van der Waals surface area contributed by atoms with Gasteiger partial charge in [-0.2, -0.15) is 0 Å². The van der Waals surface area contributed by atoms with E-state index in [1.54, 1.807) is 0 Å². The van der Waals surface area contributed by atoms with Gasteiger partial charge in [0.15, 0.2) is 0 Å². The van der Waals surface area contributed by atoms with E-state index >= 15 is 0 Å². The predicted molar refractivity (Wildman–Crippen MR) is 73.9 cm³/mol. The monoisotopic (exact) mass is 270 g/mol. The first-order chi connectivity index (χ1) is 9.22. The molecule has 0 unspecified atom stereocenters. The van der Waals surface area contributed by atoms with Crippen molar-refractivity contribution >= 4 is 0 Å². The Morgan fingerprint density at radius 1 is 1.26 bits per heavy atom. The third-order valence-corrected chi connectivity index (χ3v) is 2.49. The molecule has 1 heterocycles. The maximum Gasteiger partial charge on any atom is 0.0964 e. The maximum absolute atomic E-state index is 5.43. The molecule has 0 amide bonds. The van der Waals surface area contributed by atoms with Crippen LogP contribution in [0.2, 0.25) is 0 Å². The highest BCUT2D eigenvalue weighted by molar-refractivity contribution is 4.91. The van der Waals surface area contributed by atoms with Crippen LogP contribution in [0.4, 0.5) is 0 Å². The number of rotatable bonds is 11. The number of aromatic nitrogens is 3. The molecule has 0 radical (unpaired) electrons. The van der Waals surface area contributed by atoms with Crippen molar-refractivity contribution < 1.29 is 9.47 Å². The Morgan fingerprint density at radius 3 is 2.79 bits per heavy atom. The minimum atomic E-state index is 0.630. The first-order valence-corrected chi connectivity index (χ1v) is 6.97. The Morgan fingerprint density at radius 2 is 2.05 bits per heavy atom. The first kappa shape index (κ1) is 16.1. The lowest BCUT2D eigenvalue weighted by molar-refractivity contribution is 0.0486. The van der Waals surface area contributed by atoms with E-state index in [4.69, 9.17) is 9.47 Å². The molecule has 6 heteroatoms. The topological polar surface area (TPSA) is 61.2 Å². The van der Waals surface area contributed by atoms with E-state index < -0.39 is 0 Å². The molecule has 0 aliphatic heterocycles. The van der Waals surface area contributed by atoms with Gasteiger partial charge in [-0.15, -0.1) is 5.10 Å². The van der Waals surface area contributed by atoms with Crippen LogP contribution in [-0.2, 0) is 22.6 Å². The van der Waals surface area contributed by atoms with E-state index in [-0.39, 0.29) is 0 Å². The van der Waals surface area contributed by atoms with Crippen LogP contribution in [0.5, 0.6) is 0 Å². The fourth-order valence-corrected chi connectivity index (χ4v) is 1.54. The summed E-state index contributed by atoms with van der Waals surface area (Å²) in [7, 11) is 0. The molecule has 110 valence electrons. The summed E-state index contributed by atoms with van der Waals surface area (Å²) in [4.78, 5) is 0. The summed E-state index contributed by atoms with van der Waals surface area (Å²) in [6.07, 6.45) is 1.96. The number of hydrogen-bond acceptors (Lipinski definition) is 5. The predicted octanol–water partition coefficient (Wildman–Crippen LogP) is 1.08. The van der Waals surface area contributed by atoms with Crippen molar-refractivity contribution in [2.75, 3.05) is 33.0 Å². The molecule has 1 rings (SSSR count). The number of nitrogens with zero attached hydrogens (tertiary/aromatic N) is 3. The van der Waals surface area contributed by atoms with Crippen molar-refractivity contribution in [1.82, 2.24) is 20.3 Å². The highest BCUT2D eigenvalue weighted by Gasteiger charge is 2.01. The van der Waals surface area contributed by atoms with Crippen molar-refractivity contribution in [3.8, 4) is 0 Å². The van der Waals surface area contributed by atoms with Gasteiger partial charge in [-0.1, -0.05) is 19.1 Å². The molecule has 1 aromatic rings. The number of nitrogens with one attached hydrogen (secondary N) is 1. The van der Waals surface area contributed by atoms with Gasteiger partial charge in [0.25, 0.3) is 0 Å². The minimum Gasteiger partial charge on any atom is -0.379 e. The molecule has 6 nitrogen and oxygen atoms in total. The summed E-state index contributed by atoms with van der Waals surface area (Å²) in [5.74, 6) is 0.647. The molecule has 1 aromatic heterocycles. The summed E-state index contributed by atoms with van der Waals surface area (Å²) < 4.78 is 12.4. The van der Waals surface area contributed by atoms with Crippen LogP contribution in [0.15, 0.2) is 6.20 Å². The highest BCUT2D eigenvalue weighted by atomic mass is 16.5. The van der Waals surface area contributed by atoms with Crippen molar-refractivity contribution in [3.63, 3.8) is 0 Å². The van der Waals surface area contributed by atoms with Gasteiger partial charge in [0.1, 0.15) is 0 Å². The molecule has 0 saturated carbocycles. The summed E-state index contributed by atoms with van der Waals surface area (Å²) in [6.45, 7) is 11.5. The van der Waals surface area contributed by atoms with Gasteiger partial charge in [-0.3, -0.25) is 0 Å². The van der Waals surface area contributed by atoms with Crippen LogP contribution in [0.25, 0.3) is 0 Å². The largest absolute Gasteiger partial charge is 0.379 e. The lowest BCUT2D eigenvalue weighted by atomic mass is 10.2. The van der Waals surface area contributed by atoms with Crippen LogP contribution in [0.3, 0.4) is 0 Å². The van der Waals surface area contributed by atoms with Gasteiger partial charge < -0.3 is 14.8 Å². The van der Waals surface area contributed by atoms with Crippen LogP contribution >= 0.6 is 0 Å². The van der Waals surface area contributed by atoms with Gasteiger partial charge in [0, 0.05) is 19.3 Å². The fourth-order valence-electron chi connectivity index (χ4n) is 1.54. The zero-order chi connectivity index (χ0) is 13.9. The van der Waals surface area contributed by atoms with E-state index in [2.05, 4.69) is 29.5 Å². The Labute approximate surface area is 115 Å². The van der Waals surface area contributed by atoms with E-state index in [1.165, 1.54) is 0 Å². The molecule has 0 aromatic carbocycles. The molecule has 0 aliphatic rings. The molecule has 0 aliphatic carbocycles. The van der Waals surface area contributed by atoms with Crippen molar-refractivity contribution in [1.29, 1.82) is 0 Å². The van der Waals surface area contributed by atoms with E-state index in [9.17, 15) is 0 Å². The van der Waals surface area contributed by atoms with Crippen molar-refractivity contribution in [2.45, 2.75) is 33.9 Å². The SMILES string of the molecule is CCOCCOCCn1cc(CNCC(C)C)nn1. The molecule has 1 N–H and O–H groups in total. The Kier molecular flexibility index (Phi) is 8.36. The quantitative estimate of drug-likeness (QED) is 0.610. The maximum atomic E-state index is 5.43. The van der Waals surface area contributed by atoms with Crippen LogP contribution in [0.1, 0.15) is 26.5 Å². The summed E-state index contributed by atoms with van der Waals surface area (Å²) >= 11 is 0. The first-order valence-electron chi connectivity index (χ1n) is 6.97. The lowest BCUT2D eigenvalue weighted by Crippen LogP contribution is -2.19. The molecular formula is C13H26N4O2. The van der Waals surface area contributed by atoms with E-state index in [0.717, 1.165) is 31.9 Å². The molecule has 0 spiro atoms. The average molecular weight is 270 g/mol. The molecular weight excluding hydrogens is 244 g/mol. The van der Waals surface area contributed by atoms with Gasteiger partial charge in [-0.05, 0) is 19.4 Å². The summed E-state index contributed by atoms with van der Waals surface area (Å²) in [6, 6.07) is 0. The third kappa shape index (κ3) is 7.92.